The van der Waals surface area contributed by atoms with E-state index in [1.807, 2.05) is 6.92 Å². The molecule has 0 aromatic rings. The number of esters is 1. The Labute approximate surface area is 71.4 Å². The van der Waals surface area contributed by atoms with Crippen molar-refractivity contribution in [3.05, 3.63) is 0 Å². The second kappa shape index (κ2) is 4.35. The second-order valence-corrected chi connectivity index (χ2v) is 2.48. The highest BCUT2D eigenvalue weighted by Gasteiger charge is 2.35. The molecule has 0 aromatic heterocycles. The number of rotatable bonds is 3. The van der Waals surface area contributed by atoms with E-state index in [4.69, 9.17) is 10.5 Å². The van der Waals surface area contributed by atoms with Gasteiger partial charge in [0.1, 0.15) is 0 Å². The van der Waals surface area contributed by atoms with Crippen molar-refractivity contribution in [3.8, 4) is 12.1 Å². The summed E-state index contributed by atoms with van der Waals surface area (Å²) in [5.41, 5.74) is -1.66. The van der Waals surface area contributed by atoms with Gasteiger partial charge in [0.2, 0.25) is 5.41 Å². The molecule has 0 heterocycles. The Morgan fingerprint density at radius 1 is 1.50 bits per heavy atom. The molecule has 0 saturated carbocycles. The number of ether oxygens (including phenoxy) is 1. The van der Waals surface area contributed by atoms with Crippen molar-refractivity contribution in [1.82, 2.24) is 0 Å². The number of carbonyl (C=O) groups excluding carboxylic acids is 1. The minimum atomic E-state index is -1.66. The molecule has 0 amide bonds. The average molecular weight is 166 g/mol. The van der Waals surface area contributed by atoms with Gasteiger partial charge in [-0.1, -0.05) is 6.92 Å². The number of nitriles is 2. The van der Waals surface area contributed by atoms with Crippen LogP contribution in [0.15, 0.2) is 0 Å². The van der Waals surface area contributed by atoms with Crippen LogP contribution < -0.4 is 0 Å². The van der Waals surface area contributed by atoms with Crippen molar-refractivity contribution in [1.29, 1.82) is 10.5 Å². The van der Waals surface area contributed by atoms with E-state index in [9.17, 15) is 4.79 Å². The standard InChI is InChI=1S/C8H10N2O2/c1-3-4-12-7(11)8(2,5-9)6-10/h3-4H2,1-2H3. The number of hydrogen-bond donors (Lipinski definition) is 0. The fourth-order valence-corrected chi connectivity index (χ4v) is 0.455. The van der Waals surface area contributed by atoms with Crippen LogP contribution in [0.5, 0.6) is 0 Å². The molecule has 0 bridgehead atoms. The summed E-state index contributed by atoms with van der Waals surface area (Å²) in [6.07, 6.45) is 0.679. The zero-order valence-electron chi connectivity index (χ0n) is 7.13. The first kappa shape index (κ1) is 10.4. The minimum Gasteiger partial charge on any atom is -0.464 e. The predicted molar refractivity (Wildman–Crippen MR) is 40.6 cm³/mol. The fraction of sp³-hybridized carbons (Fsp3) is 0.625. The quantitative estimate of drug-likeness (QED) is 0.586. The molecule has 0 aromatic carbocycles. The van der Waals surface area contributed by atoms with Gasteiger partial charge in [-0.25, -0.2) is 4.79 Å². The molecule has 0 aliphatic heterocycles. The monoisotopic (exact) mass is 166 g/mol. The molecule has 0 atom stereocenters. The number of carbonyl (C=O) groups is 1. The molecule has 4 heteroatoms. The molecule has 0 saturated heterocycles. The molecule has 0 aliphatic rings. The van der Waals surface area contributed by atoms with Crippen LogP contribution in [0.25, 0.3) is 0 Å². The van der Waals surface area contributed by atoms with Crippen molar-refractivity contribution in [2.45, 2.75) is 20.3 Å². The third kappa shape index (κ3) is 2.25. The highest BCUT2D eigenvalue weighted by molar-refractivity contribution is 5.82. The van der Waals surface area contributed by atoms with Gasteiger partial charge in [-0.3, -0.25) is 0 Å². The molecule has 4 nitrogen and oxygen atoms in total. The lowest BCUT2D eigenvalue weighted by molar-refractivity contribution is -0.149. The van der Waals surface area contributed by atoms with Crippen LogP contribution in [0, 0.1) is 28.1 Å². The maximum Gasteiger partial charge on any atom is 0.340 e. The predicted octanol–water partition coefficient (Wildman–Crippen LogP) is 0.993. The lowest BCUT2D eigenvalue weighted by Crippen LogP contribution is -2.26. The lowest BCUT2D eigenvalue weighted by atomic mass is 9.95. The summed E-state index contributed by atoms with van der Waals surface area (Å²) < 4.78 is 4.65. The van der Waals surface area contributed by atoms with Crippen LogP contribution in [-0.4, -0.2) is 12.6 Å². The summed E-state index contributed by atoms with van der Waals surface area (Å²) in [4.78, 5) is 11.0. The van der Waals surface area contributed by atoms with Gasteiger partial charge in [0, 0.05) is 0 Å². The van der Waals surface area contributed by atoms with Crippen LogP contribution in [-0.2, 0) is 9.53 Å². The maximum atomic E-state index is 11.0. The summed E-state index contributed by atoms with van der Waals surface area (Å²) in [6.45, 7) is 3.33. The molecule has 0 unspecified atom stereocenters. The lowest BCUT2D eigenvalue weighted by Gasteiger charge is -2.10. The van der Waals surface area contributed by atoms with E-state index in [-0.39, 0.29) is 6.61 Å². The van der Waals surface area contributed by atoms with Gasteiger partial charge in [-0.2, -0.15) is 10.5 Å². The van der Waals surface area contributed by atoms with Crippen molar-refractivity contribution < 1.29 is 9.53 Å². The van der Waals surface area contributed by atoms with E-state index < -0.39 is 11.4 Å². The van der Waals surface area contributed by atoms with Crippen molar-refractivity contribution in [2.24, 2.45) is 5.41 Å². The van der Waals surface area contributed by atoms with Gasteiger partial charge in [0.25, 0.3) is 0 Å². The molecule has 0 radical (unpaired) electrons. The first-order chi connectivity index (χ1) is 5.60. The van der Waals surface area contributed by atoms with Gasteiger partial charge in [-0.15, -0.1) is 0 Å². The van der Waals surface area contributed by atoms with Gasteiger partial charge >= 0.3 is 5.97 Å². The number of nitrogens with zero attached hydrogens (tertiary/aromatic N) is 2. The first-order valence-electron chi connectivity index (χ1n) is 3.60. The van der Waals surface area contributed by atoms with E-state index in [0.29, 0.717) is 6.42 Å². The summed E-state index contributed by atoms with van der Waals surface area (Å²) >= 11 is 0. The molecule has 0 aliphatic carbocycles. The fourth-order valence-electron chi connectivity index (χ4n) is 0.455. The molecule has 0 fully saturated rings. The van der Waals surface area contributed by atoms with E-state index in [0.717, 1.165) is 0 Å². The van der Waals surface area contributed by atoms with Crippen LogP contribution in [0.4, 0.5) is 0 Å². The minimum absolute atomic E-state index is 0.248. The Kier molecular flexibility index (Phi) is 3.79. The molecular formula is C8H10N2O2. The highest BCUT2D eigenvalue weighted by atomic mass is 16.5. The normalized spacial score (nSPS) is 9.67. The number of hydrogen-bond acceptors (Lipinski definition) is 4. The highest BCUT2D eigenvalue weighted by Crippen LogP contribution is 2.15. The topological polar surface area (TPSA) is 73.9 Å². The van der Waals surface area contributed by atoms with Gasteiger partial charge < -0.3 is 4.74 Å². The Morgan fingerprint density at radius 3 is 2.33 bits per heavy atom. The van der Waals surface area contributed by atoms with E-state index >= 15 is 0 Å². The third-order valence-electron chi connectivity index (χ3n) is 1.29. The van der Waals surface area contributed by atoms with Crippen molar-refractivity contribution in [3.63, 3.8) is 0 Å². The van der Waals surface area contributed by atoms with Crippen molar-refractivity contribution >= 4 is 5.97 Å². The largest absolute Gasteiger partial charge is 0.464 e. The van der Waals surface area contributed by atoms with E-state index in [1.165, 1.54) is 6.92 Å². The van der Waals surface area contributed by atoms with Crippen LogP contribution in [0.1, 0.15) is 20.3 Å². The second-order valence-electron chi connectivity index (χ2n) is 2.48. The first-order valence-corrected chi connectivity index (χ1v) is 3.60. The van der Waals surface area contributed by atoms with E-state index in [1.54, 1.807) is 12.1 Å². The summed E-state index contributed by atoms with van der Waals surface area (Å²) in [5, 5.41) is 17.0. The molecule has 0 rings (SSSR count). The van der Waals surface area contributed by atoms with Gasteiger partial charge in [0.15, 0.2) is 0 Å². The maximum absolute atomic E-state index is 11.0. The van der Waals surface area contributed by atoms with Crippen LogP contribution >= 0.6 is 0 Å². The van der Waals surface area contributed by atoms with Crippen LogP contribution in [0.2, 0.25) is 0 Å². The van der Waals surface area contributed by atoms with Crippen molar-refractivity contribution in [2.75, 3.05) is 6.61 Å². The molecule has 0 N–H and O–H groups in total. The Bertz CT molecular complexity index is 233. The summed E-state index contributed by atoms with van der Waals surface area (Å²) in [5.74, 6) is -0.769. The van der Waals surface area contributed by atoms with Gasteiger partial charge in [-0.05, 0) is 13.3 Å². The molecular weight excluding hydrogens is 156 g/mol. The Hall–Kier alpha value is -1.55. The van der Waals surface area contributed by atoms with Crippen LogP contribution in [0.3, 0.4) is 0 Å². The molecule has 12 heavy (non-hydrogen) atoms. The smallest absolute Gasteiger partial charge is 0.340 e. The average Bonchev–Trinajstić information content (AvgIpc) is 2.12. The zero-order chi connectivity index (χ0) is 9.61. The SMILES string of the molecule is CCCOC(=O)C(C)(C#N)C#N. The van der Waals surface area contributed by atoms with Gasteiger partial charge in [0.05, 0.1) is 18.7 Å². The Morgan fingerprint density at radius 2 is 2.00 bits per heavy atom. The summed E-state index contributed by atoms with van der Waals surface area (Å²) in [6, 6.07) is 3.20. The van der Waals surface area contributed by atoms with E-state index in [2.05, 4.69) is 4.74 Å². The molecule has 64 valence electrons. The zero-order valence-corrected chi connectivity index (χ0v) is 7.13. The summed E-state index contributed by atoms with van der Waals surface area (Å²) in [7, 11) is 0. The molecule has 0 spiro atoms. The Balaban J connectivity index is 4.29. The third-order valence-corrected chi connectivity index (χ3v) is 1.29.